The maximum Gasteiger partial charge on any atom is 0.248 e. The van der Waals surface area contributed by atoms with Gasteiger partial charge in [0.05, 0.1) is 6.61 Å². The highest BCUT2D eigenvalue weighted by molar-refractivity contribution is 5.97. The smallest absolute Gasteiger partial charge is 0.248 e. The highest BCUT2D eigenvalue weighted by atomic mass is 19.1. The van der Waals surface area contributed by atoms with Crippen molar-refractivity contribution < 1.29 is 19.1 Å². The summed E-state index contributed by atoms with van der Waals surface area (Å²) in [5.41, 5.74) is 0.474. The average molecular weight is 295 g/mol. The number of rotatable bonds is 4. The first-order chi connectivity index (χ1) is 10.1. The summed E-state index contributed by atoms with van der Waals surface area (Å²) in [6.45, 7) is 1.14. The van der Waals surface area contributed by atoms with Gasteiger partial charge in [0, 0.05) is 31.7 Å². The Morgan fingerprint density at radius 3 is 2.76 bits per heavy atom. The number of nitrogens with one attached hydrogen (secondary N) is 2. The maximum absolute atomic E-state index is 12.8. The van der Waals surface area contributed by atoms with Crippen molar-refractivity contribution >= 4 is 17.5 Å². The summed E-state index contributed by atoms with van der Waals surface area (Å²) in [5, 5.41) is 14.6. The Hall–Kier alpha value is -1.99. The standard InChI is InChI=1S/C14H18FN3O3/c15-10-1-3-11(4-2-10)17-14(21)12-9-16-6-7-18(12)13(20)5-8-19/h1-4,12,16,19H,5-9H2,(H,17,21)/t12-/m0/s1. The molecule has 0 unspecified atom stereocenters. The lowest BCUT2D eigenvalue weighted by Crippen LogP contribution is -2.58. The third kappa shape index (κ3) is 3.99. The van der Waals surface area contributed by atoms with E-state index >= 15 is 0 Å². The van der Waals surface area contributed by atoms with Gasteiger partial charge in [-0.1, -0.05) is 0 Å². The summed E-state index contributed by atoms with van der Waals surface area (Å²) < 4.78 is 12.8. The summed E-state index contributed by atoms with van der Waals surface area (Å²) in [5.74, 6) is -0.967. The molecule has 0 aromatic heterocycles. The summed E-state index contributed by atoms with van der Waals surface area (Å²) in [7, 11) is 0. The number of benzene rings is 1. The molecular weight excluding hydrogens is 277 g/mol. The number of piperazine rings is 1. The van der Waals surface area contributed by atoms with Gasteiger partial charge in [-0.2, -0.15) is 0 Å². The van der Waals surface area contributed by atoms with Crippen LogP contribution in [0.15, 0.2) is 24.3 Å². The first kappa shape index (κ1) is 15.4. The fourth-order valence-corrected chi connectivity index (χ4v) is 2.24. The Labute approximate surface area is 121 Å². The highest BCUT2D eigenvalue weighted by Crippen LogP contribution is 2.12. The second-order valence-corrected chi connectivity index (χ2v) is 4.78. The Balaban J connectivity index is 2.04. The van der Waals surface area contributed by atoms with Crippen molar-refractivity contribution in [2.75, 3.05) is 31.6 Å². The molecule has 114 valence electrons. The predicted octanol–water partition coefficient (Wildman–Crippen LogP) is -0.0530. The molecule has 1 fully saturated rings. The average Bonchev–Trinajstić information content (AvgIpc) is 2.50. The SMILES string of the molecule is O=C(Nc1ccc(F)cc1)[C@@H]1CNCCN1C(=O)CCO. The largest absolute Gasteiger partial charge is 0.396 e. The van der Waals surface area contributed by atoms with Crippen molar-refractivity contribution in [1.82, 2.24) is 10.2 Å². The van der Waals surface area contributed by atoms with E-state index in [0.29, 0.717) is 25.3 Å². The number of nitrogens with zero attached hydrogens (tertiary/aromatic N) is 1. The topological polar surface area (TPSA) is 81.7 Å². The molecule has 21 heavy (non-hydrogen) atoms. The van der Waals surface area contributed by atoms with Crippen LogP contribution in [-0.4, -0.2) is 54.1 Å². The van der Waals surface area contributed by atoms with E-state index in [0.717, 1.165) is 0 Å². The van der Waals surface area contributed by atoms with Crippen molar-refractivity contribution in [2.45, 2.75) is 12.5 Å². The van der Waals surface area contributed by atoms with Gasteiger partial charge in [-0.3, -0.25) is 9.59 Å². The predicted molar refractivity (Wildman–Crippen MR) is 75.1 cm³/mol. The van der Waals surface area contributed by atoms with Crippen LogP contribution in [0.4, 0.5) is 10.1 Å². The monoisotopic (exact) mass is 295 g/mol. The van der Waals surface area contributed by atoms with E-state index in [-0.39, 0.29) is 30.7 Å². The molecule has 1 aromatic carbocycles. The number of hydrogen-bond donors (Lipinski definition) is 3. The summed E-state index contributed by atoms with van der Waals surface area (Å²) in [4.78, 5) is 25.7. The molecule has 1 atom stereocenters. The quantitative estimate of drug-likeness (QED) is 0.727. The van der Waals surface area contributed by atoms with Crippen LogP contribution in [0.1, 0.15) is 6.42 Å². The molecule has 0 bridgehead atoms. The number of anilines is 1. The van der Waals surface area contributed by atoms with Crippen LogP contribution in [0.25, 0.3) is 0 Å². The zero-order valence-corrected chi connectivity index (χ0v) is 11.5. The molecule has 1 aliphatic rings. The molecule has 1 saturated heterocycles. The van der Waals surface area contributed by atoms with Gasteiger partial charge in [0.2, 0.25) is 11.8 Å². The second-order valence-electron chi connectivity index (χ2n) is 4.78. The molecule has 0 saturated carbocycles. The fourth-order valence-electron chi connectivity index (χ4n) is 2.24. The molecule has 0 aliphatic carbocycles. The Morgan fingerprint density at radius 2 is 2.10 bits per heavy atom. The Morgan fingerprint density at radius 1 is 1.38 bits per heavy atom. The maximum atomic E-state index is 12.8. The van der Waals surface area contributed by atoms with Crippen molar-refractivity contribution in [3.8, 4) is 0 Å². The Kier molecular flexibility index (Phi) is 5.24. The molecule has 2 amide bonds. The lowest BCUT2D eigenvalue weighted by molar-refractivity contribution is -0.140. The van der Waals surface area contributed by atoms with E-state index in [9.17, 15) is 14.0 Å². The lowest BCUT2D eigenvalue weighted by atomic mass is 10.1. The van der Waals surface area contributed by atoms with E-state index in [4.69, 9.17) is 5.11 Å². The van der Waals surface area contributed by atoms with Crippen LogP contribution < -0.4 is 10.6 Å². The van der Waals surface area contributed by atoms with Gasteiger partial charge in [-0.25, -0.2) is 4.39 Å². The minimum atomic E-state index is -0.636. The van der Waals surface area contributed by atoms with Gasteiger partial charge in [0.15, 0.2) is 0 Å². The van der Waals surface area contributed by atoms with Gasteiger partial charge >= 0.3 is 0 Å². The van der Waals surface area contributed by atoms with Crippen molar-refractivity contribution in [1.29, 1.82) is 0 Å². The molecule has 6 nitrogen and oxygen atoms in total. The number of hydrogen-bond acceptors (Lipinski definition) is 4. The van der Waals surface area contributed by atoms with Crippen molar-refractivity contribution in [2.24, 2.45) is 0 Å². The minimum absolute atomic E-state index is 0.000326. The first-order valence-electron chi connectivity index (χ1n) is 6.79. The molecule has 1 aliphatic heterocycles. The number of aliphatic hydroxyl groups excluding tert-OH is 1. The zero-order chi connectivity index (χ0) is 15.2. The van der Waals surface area contributed by atoms with Crippen LogP contribution in [0.3, 0.4) is 0 Å². The number of aliphatic hydroxyl groups is 1. The first-order valence-corrected chi connectivity index (χ1v) is 6.79. The number of amides is 2. The zero-order valence-electron chi connectivity index (χ0n) is 11.5. The summed E-state index contributed by atoms with van der Waals surface area (Å²) in [6, 6.07) is 4.79. The molecule has 1 aromatic rings. The normalized spacial score (nSPS) is 18.4. The van der Waals surface area contributed by atoms with Crippen LogP contribution in [0, 0.1) is 5.82 Å². The van der Waals surface area contributed by atoms with Gasteiger partial charge in [-0.05, 0) is 24.3 Å². The minimum Gasteiger partial charge on any atom is -0.396 e. The third-order valence-electron chi connectivity index (χ3n) is 3.30. The van der Waals surface area contributed by atoms with Crippen LogP contribution >= 0.6 is 0 Å². The van der Waals surface area contributed by atoms with E-state index in [2.05, 4.69) is 10.6 Å². The van der Waals surface area contributed by atoms with Crippen molar-refractivity contribution in [3.05, 3.63) is 30.1 Å². The van der Waals surface area contributed by atoms with Crippen LogP contribution in [-0.2, 0) is 9.59 Å². The third-order valence-corrected chi connectivity index (χ3v) is 3.30. The number of carbonyl (C=O) groups is 2. The molecule has 0 radical (unpaired) electrons. The van der Waals surface area contributed by atoms with Gasteiger partial charge in [0.25, 0.3) is 0 Å². The molecule has 0 spiro atoms. The molecule has 2 rings (SSSR count). The number of halogens is 1. The molecule has 7 heteroatoms. The van der Waals surface area contributed by atoms with Gasteiger partial charge in [0.1, 0.15) is 11.9 Å². The second kappa shape index (κ2) is 7.14. The number of carbonyl (C=O) groups excluding carboxylic acids is 2. The molecular formula is C14H18FN3O3. The van der Waals surface area contributed by atoms with E-state index in [1.807, 2.05) is 0 Å². The lowest BCUT2D eigenvalue weighted by Gasteiger charge is -2.35. The van der Waals surface area contributed by atoms with Crippen LogP contribution in [0.5, 0.6) is 0 Å². The molecule has 3 N–H and O–H groups in total. The fraction of sp³-hybridized carbons (Fsp3) is 0.429. The van der Waals surface area contributed by atoms with Crippen molar-refractivity contribution in [3.63, 3.8) is 0 Å². The van der Waals surface area contributed by atoms with Gasteiger partial charge < -0.3 is 20.6 Å². The molecule has 1 heterocycles. The van der Waals surface area contributed by atoms with Gasteiger partial charge in [-0.15, -0.1) is 0 Å². The van der Waals surface area contributed by atoms with E-state index in [1.165, 1.54) is 29.2 Å². The van der Waals surface area contributed by atoms with E-state index in [1.54, 1.807) is 0 Å². The summed E-state index contributed by atoms with van der Waals surface area (Å²) in [6.07, 6.45) is 0.000326. The highest BCUT2D eigenvalue weighted by Gasteiger charge is 2.31. The Bertz CT molecular complexity index is 507. The van der Waals surface area contributed by atoms with Crippen LogP contribution in [0.2, 0.25) is 0 Å². The van der Waals surface area contributed by atoms with E-state index < -0.39 is 6.04 Å². The summed E-state index contributed by atoms with van der Waals surface area (Å²) >= 11 is 0.